The first-order valence-corrected chi connectivity index (χ1v) is 8.81. The van der Waals surface area contributed by atoms with Crippen molar-refractivity contribution in [3.8, 4) is 5.75 Å². The van der Waals surface area contributed by atoms with Crippen LogP contribution in [0, 0.1) is 0 Å². The highest BCUT2D eigenvalue weighted by molar-refractivity contribution is 5.87. The van der Waals surface area contributed by atoms with E-state index in [9.17, 15) is 9.59 Å². The molecule has 1 fully saturated rings. The Labute approximate surface area is 153 Å². The third-order valence-electron chi connectivity index (χ3n) is 4.68. The first-order chi connectivity index (χ1) is 12.6. The molecule has 138 valence electrons. The minimum atomic E-state index is -0.356. The molecule has 7 nitrogen and oxygen atoms in total. The maximum atomic E-state index is 12.8. The van der Waals surface area contributed by atoms with E-state index < -0.39 is 0 Å². The van der Waals surface area contributed by atoms with Gasteiger partial charge in [0.05, 0.1) is 13.7 Å². The summed E-state index contributed by atoms with van der Waals surface area (Å²) in [5.41, 5.74) is 1.04. The van der Waals surface area contributed by atoms with Crippen molar-refractivity contribution < 1.29 is 14.3 Å². The zero-order valence-electron chi connectivity index (χ0n) is 15.2. The lowest BCUT2D eigenvalue weighted by Gasteiger charge is -2.36. The molecule has 26 heavy (non-hydrogen) atoms. The highest BCUT2D eigenvalue weighted by atomic mass is 16.5. The molecule has 0 bridgehead atoms. The maximum Gasteiger partial charge on any atom is 0.247 e. The van der Waals surface area contributed by atoms with E-state index in [0.717, 1.165) is 11.3 Å². The summed E-state index contributed by atoms with van der Waals surface area (Å²) < 4.78 is 6.82. The van der Waals surface area contributed by atoms with Gasteiger partial charge in [-0.3, -0.25) is 14.3 Å². The molecular weight excluding hydrogens is 332 g/mol. The molecule has 2 aromatic rings. The van der Waals surface area contributed by atoms with Crippen molar-refractivity contribution in [1.29, 1.82) is 0 Å². The molecule has 1 atom stereocenters. The van der Waals surface area contributed by atoms with E-state index in [-0.39, 0.29) is 24.4 Å². The van der Waals surface area contributed by atoms with E-state index in [1.165, 1.54) is 0 Å². The van der Waals surface area contributed by atoms with Crippen molar-refractivity contribution in [1.82, 2.24) is 19.6 Å². The lowest BCUT2D eigenvalue weighted by molar-refractivity contribution is -0.147. The second-order valence-corrected chi connectivity index (χ2v) is 6.33. The van der Waals surface area contributed by atoms with Crippen LogP contribution in [-0.2, 0) is 16.1 Å². The molecule has 1 aliphatic rings. The average molecular weight is 356 g/mol. The molecule has 0 aliphatic carbocycles. The summed E-state index contributed by atoms with van der Waals surface area (Å²) in [5.74, 6) is 0.712. The molecule has 0 spiro atoms. The van der Waals surface area contributed by atoms with Crippen molar-refractivity contribution in [3.63, 3.8) is 0 Å². The number of benzene rings is 1. The third kappa shape index (κ3) is 3.87. The Hall–Kier alpha value is -2.83. The largest absolute Gasteiger partial charge is 0.497 e. The fraction of sp³-hybridized carbons (Fsp3) is 0.421. The molecule has 1 aromatic carbocycles. The number of piperazine rings is 1. The topological polar surface area (TPSA) is 67.7 Å². The Kier molecular flexibility index (Phi) is 5.55. The summed E-state index contributed by atoms with van der Waals surface area (Å²) in [5, 5.41) is 4.17. The van der Waals surface area contributed by atoms with Crippen LogP contribution in [0.5, 0.6) is 5.75 Å². The standard InChI is InChI=1S/C19H24N4O3/c1-3-17(23-10-4-9-20-23)19(25)22-12-11-21(18(24)14-22)13-15-5-7-16(26-2)8-6-15/h4-10,17H,3,11-14H2,1-2H3/t17-/m1/s1. The van der Waals surface area contributed by atoms with Gasteiger partial charge in [0.15, 0.2) is 0 Å². The minimum Gasteiger partial charge on any atom is -0.497 e. The summed E-state index contributed by atoms with van der Waals surface area (Å²) in [7, 11) is 1.63. The molecular formula is C19H24N4O3. The minimum absolute atomic E-state index is 0.0317. The maximum absolute atomic E-state index is 12.8. The number of hydrogen-bond acceptors (Lipinski definition) is 4. The number of carbonyl (C=O) groups excluding carboxylic acids is 2. The van der Waals surface area contributed by atoms with Crippen LogP contribution < -0.4 is 4.74 Å². The summed E-state index contributed by atoms with van der Waals surface area (Å²) in [6.45, 7) is 3.69. The fourth-order valence-corrected chi connectivity index (χ4v) is 3.17. The highest BCUT2D eigenvalue weighted by Gasteiger charge is 2.31. The molecule has 1 saturated heterocycles. The van der Waals surface area contributed by atoms with Gasteiger partial charge in [0.2, 0.25) is 11.8 Å². The predicted octanol–water partition coefficient (Wildman–Crippen LogP) is 1.71. The van der Waals surface area contributed by atoms with Gasteiger partial charge in [-0.2, -0.15) is 5.10 Å². The van der Waals surface area contributed by atoms with E-state index in [2.05, 4.69) is 5.10 Å². The number of methoxy groups -OCH3 is 1. The van der Waals surface area contributed by atoms with Gasteiger partial charge in [-0.25, -0.2) is 0 Å². The number of hydrogen-bond donors (Lipinski definition) is 0. The van der Waals surface area contributed by atoms with Crippen molar-refractivity contribution >= 4 is 11.8 Å². The predicted molar refractivity (Wildman–Crippen MR) is 96.5 cm³/mol. The van der Waals surface area contributed by atoms with Crippen LogP contribution in [0.3, 0.4) is 0 Å². The number of ether oxygens (including phenoxy) is 1. The van der Waals surface area contributed by atoms with Gasteiger partial charge in [-0.05, 0) is 30.2 Å². The van der Waals surface area contributed by atoms with Crippen molar-refractivity contribution in [2.24, 2.45) is 0 Å². The molecule has 0 unspecified atom stereocenters. The number of aromatic nitrogens is 2. The van der Waals surface area contributed by atoms with E-state index in [1.807, 2.05) is 31.2 Å². The summed E-state index contributed by atoms with van der Waals surface area (Å²) in [6.07, 6.45) is 4.09. The Morgan fingerprint density at radius 3 is 2.62 bits per heavy atom. The van der Waals surface area contributed by atoms with Crippen molar-refractivity contribution in [3.05, 3.63) is 48.3 Å². The second-order valence-electron chi connectivity index (χ2n) is 6.33. The van der Waals surface area contributed by atoms with E-state index >= 15 is 0 Å². The van der Waals surface area contributed by atoms with Crippen molar-refractivity contribution in [2.75, 3.05) is 26.7 Å². The van der Waals surface area contributed by atoms with Crippen LogP contribution >= 0.6 is 0 Å². The zero-order valence-corrected chi connectivity index (χ0v) is 15.2. The van der Waals surface area contributed by atoms with E-state index in [0.29, 0.717) is 26.1 Å². The number of rotatable bonds is 6. The lowest BCUT2D eigenvalue weighted by Crippen LogP contribution is -2.53. The Morgan fingerprint density at radius 1 is 1.27 bits per heavy atom. The Balaban J connectivity index is 1.60. The van der Waals surface area contributed by atoms with Gasteiger partial charge in [-0.15, -0.1) is 0 Å². The average Bonchev–Trinajstić information content (AvgIpc) is 3.19. The fourth-order valence-electron chi connectivity index (χ4n) is 3.17. The van der Waals surface area contributed by atoms with Gasteiger partial charge in [-0.1, -0.05) is 19.1 Å². The molecule has 2 amide bonds. The highest BCUT2D eigenvalue weighted by Crippen LogP contribution is 2.18. The van der Waals surface area contributed by atoms with Crippen LogP contribution in [0.15, 0.2) is 42.7 Å². The summed E-state index contributed by atoms with van der Waals surface area (Å²) in [4.78, 5) is 28.7. The van der Waals surface area contributed by atoms with Crippen molar-refractivity contribution in [2.45, 2.75) is 25.9 Å². The van der Waals surface area contributed by atoms with E-state index in [1.54, 1.807) is 40.1 Å². The molecule has 0 radical (unpaired) electrons. The molecule has 0 N–H and O–H groups in total. The number of nitrogens with zero attached hydrogens (tertiary/aromatic N) is 4. The first-order valence-electron chi connectivity index (χ1n) is 8.81. The molecule has 2 heterocycles. The molecule has 7 heteroatoms. The molecule has 1 aliphatic heterocycles. The van der Waals surface area contributed by atoms with Gasteiger partial charge in [0, 0.05) is 32.0 Å². The van der Waals surface area contributed by atoms with Gasteiger partial charge in [0.1, 0.15) is 11.8 Å². The van der Waals surface area contributed by atoms with Crippen LogP contribution in [0.2, 0.25) is 0 Å². The normalized spacial score (nSPS) is 15.8. The van der Waals surface area contributed by atoms with Crippen LogP contribution in [-0.4, -0.2) is 58.1 Å². The van der Waals surface area contributed by atoms with Crippen LogP contribution in [0.25, 0.3) is 0 Å². The Morgan fingerprint density at radius 2 is 2.04 bits per heavy atom. The molecule has 0 saturated carbocycles. The number of amides is 2. The van der Waals surface area contributed by atoms with E-state index in [4.69, 9.17) is 4.74 Å². The van der Waals surface area contributed by atoms with Gasteiger partial charge in [0.25, 0.3) is 0 Å². The van der Waals surface area contributed by atoms with Gasteiger partial charge < -0.3 is 14.5 Å². The summed E-state index contributed by atoms with van der Waals surface area (Å²) >= 11 is 0. The van der Waals surface area contributed by atoms with Crippen LogP contribution in [0.4, 0.5) is 0 Å². The van der Waals surface area contributed by atoms with Crippen LogP contribution in [0.1, 0.15) is 24.9 Å². The smallest absolute Gasteiger partial charge is 0.247 e. The molecule has 3 rings (SSSR count). The zero-order chi connectivity index (χ0) is 18.5. The summed E-state index contributed by atoms with van der Waals surface area (Å²) in [6, 6.07) is 9.12. The SMILES string of the molecule is CC[C@H](C(=O)N1CCN(Cc2ccc(OC)cc2)C(=O)C1)n1cccn1. The lowest BCUT2D eigenvalue weighted by atomic mass is 10.1. The number of carbonyl (C=O) groups is 2. The third-order valence-corrected chi connectivity index (χ3v) is 4.68. The van der Waals surface area contributed by atoms with Gasteiger partial charge >= 0.3 is 0 Å². The quantitative estimate of drug-likeness (QED) is 0.790. The first kappa shape index (κ1) is 18.0. The Bertz CT molecular complexity index is 743. The monoisotopic (exact) mass is 356 g/mol. The molecule has 1 aromatic heterocycles. The second kappa shape index (κ2) is 8.03.